The third-order valence-corrected chi connectivity index (χ3v) is 3.46. The molecule has 104 valence electrons. The third kappa shape index (κ3) is 3.03. The Morgan fingerprint density at radius 3 is 2.60 bits per heavy atom. The summed E-state index contributed by atoms with van der Waals surface area (Å²) < 4.78 is 1.58. The number of hydrogen-bond donors (Lipinski definition) is 2. The highest BCUT2D eigenvalue weighted by molar-refractivity contribution is 6.31. The number of nitrogens with one attached hydrogen (secondary N) is 1. The summed E-state index contributed by atoms with van der Waals surface area (Å²) in [5.41, 5.74) is 7.38. The summed E-state index contributed by atoms with van der Waals surface area (Å²) >= 11 is 11.9. The molecule has 2 rings (SSSR count). The quantitative estimate of drug-likeness (QED) is 0.899. The SMILES string of the molecule is Cc1cc(Cl)ccc1Cn1cc(Cl)cc(C(N)=O)c1=N. The van der Waals surface area contributed by atoms with Gasteiger partial charge in [-0.25, -0.2) is 0 Å². The van der Waals surface area contributed by atoms with Crippen LogP contribution < -0.4 is 11.2 Å². The molecule has 6 heteroatoms. The summed E-state index contributed by atoms with van der Waals surface area (Å²) in [7, 11) is 0. The molecular weight excluding hydrogens is 297 g/mol. The van der Waals surface area contributed by atoms with Crippen molar-refractivity contribution in [1.82, 2.24) is 4.57 Å². The van der Waals surface area contributed by atoms with E-state index in [1.54, 1.807) is 16.8 Å². The van der Waals surface area contributed by atoms with Crippen molar-refractivity contribution in [3.05, 3.63) is 62.7 Å². The lowest BCUT2D eigenvalue weighted by Gasteiger charge is -2.12. The topological polar surface area (TPSA) is 71.9 Å². The van der Waals surface area contributed by atoms with Crippen LogP contribution in [0.2, 0.25) is 10.0 Å². The highest BCUT2D eigenvalue weighted by Crippen LogP contribution is 2.16. The first kappa shape index (κ1) is 14.6. The Morgan fingerprint density at radius 1 is 1.30 bits per heavy atom. The summed E-state index contributed by atoms with van der Waals surface area (Å²) in [6.45, 7) is 2.35. The third-order valence-electron chi connectivity index (χ3n) is 3.01. The van der Waals surface area contributed by atoms with E-state index in [2.05, 4.69) is 0 Å². The highest BCUT2D eigenvalue weighted by atomic mass is 35.5. The Balaban J connectivity index is 2.48. The Bertz CT molecular complexity index is 738. The number of aromatic nitrogens is 1. The summed E-state index contributed by atoms with van der Waals surface area (Å²) in [5, 5.41) is 9.03. The van der Waals surface area contributed by atoms with Crippen LogP contribution in [0.3, 0.4) is 0 Å². The second-order valence-electron chi connectivity index (χ2n) is 4.48. The van der Waals surface area contributed by atoms with Gasteiger partial charge in [0.25, 0.3) is 5.91 Å². The van der Waals surface area contributed by atoms with Crippen molar-refractivity contribution in [2.45, 2.75) is 13.5 Å². The molecule has 1 heterocycles. The maximum atomic E-state index is 11.3. The van der Waals surface area contributed by atoms with E-state index in [0.29, 0.717) is 16.6 Å². The zero-order chi connectivity index (χ0) is 14.9. The lowest BCUT2D eigenvalue weighted by Crippen LogP contribution is -2.29. The van der Waals surface area contributed by atoms with Crippen molar-refractivity contribution in [3.8, 4) is 0 Å². The molecule has 3 N–H and O–H groups in total. The number of primary amides is 1. The van der Waals surface area contributed by atoms with Crippen molar-refractivity contribution in [3.63, 3.8) is 0 Å². The van der Waals surface area contributed by atoms with Crippen molar-refractivity contribution in [2.24, 2.45) is 5.73 Å². The van der Waals surface area contributed by atoms with E-state index < -0.39 is 5.91 Å². The van der Waals surface area contributed by atoms with Crippen molar-refractivity contribution in [2.75, 3.05) is 0 Å². The van der Waals surface area contributed by atoms with Gasteiger partial charge in [0.2, 0.25) is 0 Å². The van der Waals surface area contributed by atoms with Crippen LogP contribution in [0.4, 0.5) is 0 Å². The van der Waals surface area contributed by atoms with Crippen LogP contribution in [0.15, 0.2) is 30.5 Å². The molecular formula is C14H13Cl2N3O. The van der Waals surface area contributed by atoms with E-state index in [0.717, 1.165) is 11.1 Å². The zero-order valence-corrected chi connectivity index (χ0v) is 12.3. The van der Waals surface area contributed by atoms with E-state index in [4.69, 9.17) is 34.3 Å². The van der Waals surface area contributed by atoms with Crippen LogP contribution in [0.5, 0.6) is 0 Å². The second kappa shape index (κ2) is 5.69. The van der Waals surface area contributed by atoms with Crippen molar-refractivity contribution in [1.29, 1.82) is 5.41 Å². The van der Waals surface area contributed by atoms with Gasteiger partial charge in [0, 0.05) is 17.8 Å². The fraction of sp³-hybridized carbons (Fsp3) is 0.143. The summed E-state index contributed by atoms with van der Waals surface area (Å²) in [4.78, 5) is 11.3. The Hall–Kier alpha value is -1.78. The van der Waals surface area contributed by atoms with Crippen LogP contribution >= 0.6 is 23.2 Å². The number of hydrogen-bond acceptors (Lipinski definition) is 2. The lowest BCUT2D eigenvalue weighted by atomic mass is 10.1. The monoisotopic (exact) mass is 309 g/mol. The number of nitrogens with two attached hydrogens (primary N) is 1. The molecule has 0 saturated heterocycles. The molecule has 0 bridgehead atoms. The lowest BCUT2D eigenvalue weighted by molar-refractivity contribution is 0.0998. The van der Waals surface area contributed by atoms with Crippen molar-refractivity contribution >= 4 is 29.1 Å². The molecule has 1 aromatic carbocycles. The van der Waals surface area contributed by atoms with Crippen LogP contribution in [0.25, 0.3) is 0 Å². The first-order valence-corrected chi connectivity index (χ1v) is 6.63. The average Bonchev–Trinajstić information content (AvgIpc) is 2.36. The number of aryl methyl sites for hydroxylation is 1. The van der Waals surface area contributed by atoms with Gasteiger partial charge in [-0.15, -0.1) is 0 Å². The first-order valence-electron chi connectivity index (χ1n) is 5.88. The summed E-state index contributed by atoms with van der Waals surface area (Å²) in [5.74, 6) is -0.668. The van der Waals surface area contributed by atoms with Gasteiger partial charge < -0.3 is 10.3 Å². The fourth-order valence-electron chi connectivity index (χ4n) is 1.94. The molecule has 20 heavy (non-hydrogen) atoms. The maximum Gasteiger partial charge on any atom is 0.252 e. The second-order valence-corrected chi connectivity index (χ2v) is 5.36. The molecule has 0 fully saturated rings. The maximum absolute atomic E-state index is 11.3. The van der Waals surface area contributed by atoms with Crippen LogP contribution in [-0.4, -0.2) is 10.5 Å². The largest absolute Gasteiger partial charge is 0.365 e. The van der Waals surface area contributed by atoms with Crippen LogP contribution in [-0.2, 0) is 6.54 Å². The molecule has 0 aliphatic rings. The van der Waals surface area contributed by atoms with E-state index >= 15 is 0 Å². The van der Waals surface area contributed by atoms with Crippen LogP contribution in [0.1, 0.15) is 21.5 Å². The van der Waals surface area contributed by atoms with E-state index in [1.807, 2.05) is 19.1 Å². The molecule has 0 aliphatic carbocycles. The molecule has 0 saturated carbocycles. The van der Waals surface area contributed by atoms with E-state index in [-0.39, 0.29) is 11.1 Å². The van der Waals surface area contributed by atoms with Gasteiger partial charge in [0.15, 0.2) is 0 Å². The predicted molar refractivity (Wildman–Crippen MR) is 79.1 cm³/mol. The standard InChI is InChI=1S/C14H13Cl2N3O/c1-8-4-10(15)3-2-9(8)6-19-7-11(16)5-12(13(19)17)14(18)20/h2-5,7,17H,6H2,1H3,(H2,18,20). The molecule has 0 spiro atoms. The van der Waals surface area contributed by atoms with Gasteiger partial charge in [-0.2, -0.15) is 0 Å². The summed E-state index contributed by atoms with van der Waals surface area (Å²) in [6.07, 6.45) is 1.60. The van der Waals surface area contributed by atoms with Crippen molar-refractivity contribution < 1.29 is 4.79 Å². The minimum absolute atomic E-state index is 0.0382. The number of benzene rings is 1. The smallest absolute Gasteiger partial charge is 0.252 e. The number of pyridine rings is 1. The molecule has 0 atom stereocenters. The normalized spacial score (nSPS) is 10.6. The Morgan fingerprint density at radius 2 is 2.00 bits per heavy atom. The van der Waals surface area contributed by atoms with Gasteiger partial charge in [-0.3, -0.25) is 10.2 Å². The number of carbonyl (C=O) groups excluding carboxylic acids is 1. The van der Waals surface area contributed by atoms with Gasteiger partial charge in [-0.05, 0) is 36.2 Å². The van der Waals surface area contributed by atoms with Crippen LogP contribution in [0, 0.1) is 12.3 Å². The van der Waals surface area contributed by atoms with Gasteiger partial charge in [0.1, 0.15) is 5.49 Å². The minimum atomic E-state index is -0.668. The van der Waals surface area contributed by atoms with Gasteiger partial charge in [-0.1, -0.05) is 29.3 Å². The minimum Gasteiger partial charge on any atom is -0.365 e. The fourth-order valence-corrected chi connectivity index (χ4v) is 2.40. The Kier molecular flexibility index (Phi) is 4.16. The number of rotatable bonds is 3. The number of nitrogens with zero attached hydrogens (tertiary/aromatic N) is 1. The predicted octanol–water partition coefficient (Wildman–Crippen LogP) is 2.73. The van der Waals surface area contributed by atoms with Gasteiger partial charge >= 0.3 is 0 Å². The zero-order valence-electron chi connectivity index (χ0n) is 10.8. The number of halogens is 2. The van der Waals surface area contributed by atoms with E-state index in [1.165, 1.54) is 6.07 Å². The first-order chi connectivity index (χ1) is 9.38. The molecule has 2 aromatic rings. The Labute approximate surface area is 126 Å². The highest BCUT2D eigenvalue weighted by Gasteiger charge is 2.09. The molecule has 1 amide bonds. The number of carbonyl (C=O) groups is 1. The summed E-state index contributed by atoms with van der Waals surface area (Å²) in [6, 6.07) is 6.92. The molecule has 4 nitrogen and oxygen atoms in total. The molecule has 0 radical (unpaired) electrons. The average molecular weight is 310 g/mol. The van der Waals surface area contributed by atoms with E-state index in [9.17, 15) is 4.79 Å². The molecule has 0 unspecified atom stereocenters. The molecule has 1 aromatic heterocycles. The molecule has 0 aliphatic heterocycles. The van der Waals surface area contributed by atoms with Gasteiger partial charge in [0.05, 0.1) is 10.6 Å². The number of amides is 1.